The Labute approximate surface area is 109 Å². The van der Waals surface area contributed by atoms with Crippen LogP contribution in [0.4, 0.5) is 0 Å². The van der Waals surface area contributed by atoms with Gasteiger partial charge in [-0.1, -0.05) is 12.1 Å². The molecular formula is C14H24N2O2. The molecule has 0 aliphatic rings. The zero-order valence-electron chi connectivity index (χ0n) is 11.5. The zero-order valence-corrected chi connectivity index (χ0v) is 11.5. The summed E-state index contributed by atoms with van der Waals surface area (Å²) in [6, 6.07) is 8.41. The van der Waals surface area contributed by atoms with E-state index < -0.39 is 0 Å². The van der Waals surface area contributed by atoms with Crippen molar-refractivity contribution in [2.45, 2.75) is 25.9 Å². The lowest BCUT2D eigenvalue weighted by Gasteiger charge is -2.34. The van der Waals surface area contributed by atoms with Gasteiger partial charge in [0.25, 0.3) is 0 Å². The number of rotatable bonds is 7. The summed E-state index contributed by atoms with van der Waals surface area (Å²) in [5, 5.41) is 9.16. The predicted molar refractivity (Wildman–Crippen MR) is 73.7 cm³/mol. The first kappa shape index (κ1) is 15.0. The molecule has 102 valence electrons. The van der Waals surface area contributed by atoms with E-state index in [1.807, 2.05) is 24.3 Å². The zero-order chi connectivity index (χ0) is 13.5. The van der Waals surface area contributed by atoms with Crippen LogP contribution in [0, 0.1) is 0 Å². The van der Waals surface area contributed by atoms with Gasteiger partial charge in [0.1, 0.15) is 5.75 Å². The van der Waals surface area contributed by atoms with Crippen LogP contribution in [-0.2, 0) is 0 Å². The molecule has 4 heteroatoms. The molecule has 0 aliphatic heterocycles. The number of aliphatic hydroxyl groups is 1. The van der Waals surface area contributed by atoms with Crippen LogP contribution in [0.25, 0.3) is 0 Å². The monoisotopic (exact) mass is 252 g/mol. The van der Waals surface area contributed by atoms with E-state index in [1.165, 1.54) is 0 Å². The van der Waals surface area contributed by atoms with Crippen LogP contribution in [-0.4, -0.2) is 42.9 Å². The Morgan fingerprint density at radius 2 is 1.89 bits per heavy atom. The van der Waals surface area contributed by atoms with Gasteiger partial charge in [-0.05, 0) is 31.5 Å². The van der Waals surface area contributed by atoms with Gasteiger partial charge in [0.15, 0.2) is 0 Å². The first-order valence-corrected chi connectivity index (χ1v) is 6.34. The van der Waals surface area contributed by atoms with Crippen LogP contribution in [0.5, 0.6) is 5.75 Å². The topological polar surface area (TPSA) is 58.7 Å². The molecule has 4 nitrogen and oxygen atoms in total. The molecule has 0 radical (unpaired) electrons. The lowest BCUT2D eigenvalue weighted by molar-refractivity contribution is 0.121. The normalized spacial score (nSPS) is 13.1. The Morgan fingerprint density at radius 3 is 2.28 bits per heavy atom. The molecule has 1 aromatic carbocycles. The molecule has 0 heterocycles. The van der Waals surface area contributed by atoms with Crippen molar-refractivity contribution in [2.75, 3.05) is 26.8 Å². The predicted octanol–water partition coefficient (Wildman–Crippen LogP) is 1.40. The minimum Gasteiger partial charge on any atom is -0.497 e. The van der Waals surface area contributed by atoms with Gasteiger partial charge in [0, 0.05) is 25.2 Å². The van der Waals surface area contributed by atoms with E-state index in [4.69, 9.17) is 15.6 Å². The van der Waals surface area contributed by atoms with Gasteiger partial charge < -0.3 is 15.6 Å². The third-order valence-electron chi connectivity index (χ3n) is 3.15. The maximum Gasteiger partial charge on any atom is 0.118 e. The summed E-state index contributed by atoms with van der Waals surface area (Å²) in [7, 11) is 1.65. The smallest absolute Gasteiger partial charge is 0.118 e. The highest BCUT2D eigenvalue weighted by Crippen LogP contribution is 2.23. The third-order valence-corrected chi connectivity index (χ3v) is 3.15. The van der Waals surface area contributed by atoms with Crippen LogP contribution >= 0.6 is 0 Å². The summed E-state index contributed by atoms with van der Waals surface area (Å²) in [5.41, 5.74) is 7.04. The quantitative estimate of drug-likeness (QED) is 0.770. The van der Waals surface area contributed by atoms with Gasteiger partial charge in [0.05, 0.1) is 13.7 Å². The summed E-state index contributed by atoms with van der Waals surface area (Å²) >= 11 is 0. The second kappa shape index (κ2) is 7.36. The lowest BCUT2D eigenvalue weighted by atomic mass is 10.0. The fourth-order valence-electron chi connectivity index (χ4n) is 2.18. The Morgan fingerprint density at radius 1 is 1.28 bits per heavy atom. The summed E-state index contributed by atoms with van der Waals surface area (Å²) in [6.45, 7) is 5.53. The van der Waals surface area contributed by atoms with Crippen LogP contribution in [0.3, 0.4) is 0 Å². The number of benzene rings is 1. The molecule has 18 heavy (non-hydrogen) atoms. The molecule has 1 atom stereocenters. The number of ether oxygens (including phenoxy) is 1. The summed E-state index contributed by atoms with van der Waals surface area (Å²) < 4.78 is 5.15. The summed E-state index contributed by atoms with van der Waals surface area (Å²) in [6.07, 6.45) is 0. The highest BCUT2D eigenvalue weighted by Gasteiger charge is 2.21. The highest BCUT2D eigenvalue weighted by molar-refractivity contribution is 5.29. The molecule has 3 N–H and O–H groups in total. The molecule has 0 saturated carbocycles. The van der Waals surface area contributed by atoms with Crippen molar-refractivity contribution in [1.82, 2.24) is 4.90 Å². The van der Waals surface area contributed by atoms with Crippen molar-refractivity contribution in [2.24, 2.45) is 5.73 Å². The van der Waals surface area contributed by atoms with Crippen molar-refractivity contribution in [3.63, 3.8) is 0 Å². The summed E-state index contributed by atoms with van der Waals surface area (Å²) in [5.74, 6) is 0.841. The molecule has 0 amide bonds. The molecule has 1 aromatic rings. The molecule has 0 spiro atoms. The van der Waals surface area contributed by atoms with E-state index in [2.05, 4.69) is 18.7 Å². The first-order chi connectivity index (χ1) is 8.63. The van der Waals surface area contributed by atoms with Crippen LogP contribution < -0.4 is 10.5 Å². The Balaban J connectivity index is 2.91. The van der Waals surface area contributed by atoms with Crippen LogP contribution in [0.2, 0.25) is 0 Å². The van der Waals surface area contributed by atoms with E-state index in [9.17, 15) is 0 Å². The first-order valence-electron chi connectivity index (χ1n) is 6.34. The Bertz CT molecular complexity index is 338. The summed E-state index contributed by atoms with van der Waals surface area (Å²) in [4.78, 5) is 2.21. The fourth-order valence-corrected chi connectivity index (χ4v) is 2.18. The number of nitrogens with two attached hydrogens (primary N) is 1. The van der Waals surface area contributed by atoms with Crippen molar-refractivity contribution < 1.29 is 9.84 Å². The van der Waals surface area contributed by atoms with Gasteiger partial charge in [-0.25, -0.2) is 0 Å². The largest absolute Gasteiger partial charge is 0.497 e. The van der Waals surface area contributed by atoms with Gasteiger partial charge in [-0.3, -0.25) is 4.90 Å². The minimum atomic E-state index is 0.128. The van der Waals surface area contributed by atoms with Gasteiger partial charge in [-0.15, -0.1) is 0 Å². The molecule has 0 aliphatic carbocycles. The molecule has 0 fully saturated rings. The average molecular weight is 252 g/mol. The maximum absolute atomic E-state index is 9.16. The van der Waals surface area contributed by atoms with Crippen molar-refractivity contribution in [3.05, 3.63) is 29.8 Å². The number of nitrogens with zero attached hydrogens (tertiary/aromatic N) is 1. The number of hydrogen-bond acceptors (Lipinski definition) is 4. The standard InChI is InChI=1S/C14H24N2O2/c1-11(2)16(8-9-17)14(10-15)12-4-6-13(18-3)7-5-12/h4-7,11,14,17H,8-10,15H2,1-3H3. The SMILES string of the molecule is COc1ccc(C(CN)N(CCO)C(C)C)cc1. The van der Waals surface area contributed by atoms with Crippen molar-refractivity contribution in [1.29, 1.82) is 0 Å². The van der Waals surface area contributed by atoms with Crippen molar-refractivity contribution >= 4 is 0 Å². The minimum absolute atomic E-state index is 0.128. The second-order valence-electron chi connectivity index (χ2n) is 4.58. The Hall–Kier alpha value is -1.10. The molecule has 0 bridgehead atoms. The number of hydrogen-bond donors (Lipinski definition) is 2. The van der Waals surface area contributed by atoms with Gasteiger partial charge in [0.2, 0.25) is 0 Å². The Kier molecular flexibility index (Phi) is 6.12. The van der Waals surface area contributed by atoms with Crippen LogP contribution in [0.1, 0.15) is 25.5 Å². The molecule has 0 saturated heterocycles. The van der Waals surface area contributed by atoms with E-state index in [-0.39, 0.29) is 12.6 Å². The van der Waals surface area contributed by atoms with Crippen LogP contribution in [0.15, 0.2) is 24.3 Å². The molecular weight excluding hydrogens is 228 g/mol. The van der Waals surface area contributed by atoms with E-state index in [1.54, 1.807) is 7.11 Å². The highest BCUT2D eigenvalue weighted by atomic mass is 16.5. The average Bonchev–Trinajstić information content (AvgIpc) is 2.39. The maximum atomic E-state index is 9.16. The lowest BCUT2D eigenvalue weighted by Crippen LogP contribution is -2.40. The molecule has 1 rings (SSSR count). The van der Waals surface area contributed by atoms with Gasteiger partial charge >= 0.3 is 0 Å². The number of methoxy groups -OCH3 is 1. The van der Waals surface area contributed by atoms with E-state index >= 15 is 0 Å². The van der Waals surface area contributed by atoms with E-state index in [0.717, 1.165) is 11.3 Å². The number of aliphatic hydroxyl groups excluding tert-OH is 1. The molecule has 0 aromatic heterocycles. The third kappa shape index (κ3) is 3.70. The molecule has 1 unspecified atom stereocenters. The second-order valence-corrected chi connectivity index (χ2v) is 4.58. The van der Waals surface area contributed by atoms with E-state index in [0.29, 0.717) is 19.1 Å². The fraction of sp³-hybridized carbons (Fsp3) is 0.571. The van der Waals surface area contributed by atoms with Gasteiger partial charge in [-0.2, -0.15) is 0 Å². The van der Waals surface area contributed by atoms with Crippen molar-refractivity contribution in [3.8, 4) is 5.75 Å².